The molecule has 0 aliphatic rings. The summed E-state index contributed by atoms with van der Waals surface area (Å²) >= 11 is 0. The van der Waals surface area contributed by atoms with Gasteiger partial charge in [-0.3, -0.25) is 0 Å². The predicted octanol–water partition coefficient (Wildman–Crippen LogP) is 2.18. The SMILES string of the molecule is COc1ccc(OC)c(C(CN)S(=O)(=O)c2ccccc2)c1. The summed E-state index contributed by atoms with van der Waals surface area (Å²) in [7, 11) is -0.606. The van der Waals surface area contributed by atoms with Crippen LogP contribution in [0.2, 0.25) is 0 Å². The number of nitrogens with two attached hydrogens (primary N) is 1. The Morgan fingerprint density at radius 2 is 1.73 bits per heavy atom. The summed E-state index contributed by atoms with van der Waals surface area (Å²) in [4.78, 5) is 0.232. The summed E-state index contributed by atoms with van der Waals surface area (Å²) in [6, 6.07) is 13.3. The molecule has 22 heavy (non-hydrogen) atoms. The zero-order chi connectivity index (χ0) is 16.2. The smallest absolute Gasteiger partial charge is 0.186 e. The fourth-order valence-electron chi connectivity index (χ4n) is 2.29. The van der Waals surface area contributed by atoms with Crippen LogP contribution in [0.25, 0.3) is 0 Å². The Balaban J connectivity index is 2.57. The van der Waals surface area contributed by atoms with Gasteiger partial charge >= 0.3 is 0 Å². The molecule has 0 aromatic heterocycles. The quantitative estimate of drug-likeness (QED) is 0.882. The van der Waals surface area contributed by atoms with Gasteiger partial charge in [-0.25, -0.2) is 8.42 Å². The molecule has 0 radical (unpaired) electrons. The van der Waals surface area contributed by atoms with Crippen molar-refractivity contribution in [1.82, 2.24) is 0 Å². The molecule has 0 fully saturated rings. The molecule has 2 aromatic carbocycles. The second kappa shape index (κ2) is 6.81. The third kappa shape index (κ3) is 3.08. The van der Waals surface area contributed by atoms with Gasteiger partial charge in [0, 0.05) is 12.1 Å². The van der Waals surface area contributed by atoms with E-state index in [0.717, 1.165) is 0 Å². The minimum Gasteiger partial charge on any atom is -0.497 e. The first-order valence-electron chi connectivity index (χ1n) is 6.75. The molecule has 0 heterocycles. The molecule has 0 saturated carbocycles. The Hall–Kier alpha value is -2.05. The molecule has 0 spiro atoms. The highest BCUT2D eigenvalue weighted by molar-refractivity contribution is 7.91. The van der Waals surface area contributed by atoms with Crippen LogP contribution < -0.4 is 15.2 Å². The number of benzene rings is 2. The lowest BCUT2D eigenvalue weighted by Crippen LogP contribution is -2.23. The number of ether oxygens (including phenoxy) is 2. The van der Waals surface area contributed by atoms with E-state index in [1.54, 1.807) is 48.5 Å². The van der Waals surface area contributed by atoms with E-state index >= 15 is 0 Å². The van der Waals surface area contributed by atoms with E-state index in [2.05, 4.69) is 0 Å². The highest BCUT2D eigenvalue weighted by atomic mass is 32.2. The zero-order valence-electron chi connectivity index (χ0n) is 12.5. The summed E-state index contributed by atoms with van der Waals surface area (Å²) in [5.41, 5.74) is 6.26. The minimum absolute atomic E-state index is 0.0548. The van der Waals surface area contributed by atoms with Crippen molar-refractivity contribution in [2.45, 2.75) is 10.1 Å². The number of hydrogen-bond acceptors (Lipinski definition) is 5. The average Bonchev–Trinajstić information content (AvgIpc) is 2.56. The molecule has 1 unspecified atom stereocenters. The fourth-order valence-corrected chi connectivity index (χ4v) is 3.92. The van der Waals surface area contributed by atoms with Crippen molar-refractivity contribution < 1.29 is 17.9 Å². The van der Waals surface area contributed by atoms with Crippen molar-refractivity contribution in [2.75, 3.05) is 20.8 Å². The molecule has 118 valence electrons. The first kappa shape index (κ1) is 16.3. The maximum atomic E-state index is 12.9. The molecule has 0 aliphatic carbocycles. The topological polar surface area (TPSA) is 78.6 Å². The van der Waals surface area contributed by atoms with Gasteiger partial charge in [-0.05, 0) is 30.3 Å². The molecule has 0 bridgehead atoms. The lowest BCUT2D eigenvalue weighted by Gasteiger charge is -2.19. The Morgan fingerprint density at radius 3 is 2.27 bits per heavy atom. The number of methoxy groups -OCH3 is 2. The van der Waals surface area contributed by atoms with Crippen LogP contribution in [0.1, 0.15) is 10.8 Å². The van der Waals surface area contributed by atoms with E-state index in [0.29, 0.717) is 17.1 Å². The van der Waals surface area contributed by atoms with Gasteiger partial charge in [0.1, 0.15) is 16.7 Å². The summed E-state index contributed by atoms with van der Waals surface area (Å²) < 4.78 is 36.2. The Morgan fingerprint density at radius 1 is 1.05 bits per heavy atom. The molecule has 6 heteroatoms. The first-order valence-corrected chi connectivity index (χ1v) is 8.30. The van der Waals surface area contributed by atoms with E-state index < -0.39 is 15.1 Å². The third-order valence-corrected chi connectivity index (χ3v) is 5.57. The van der Waals surface area contributed by atoms with Crippen LogP contribution >= 0.6 is 0 Å². The summed E-state index contributed by atoms with van der Waals surface area (Å²) in [5.74, 6) is 1.02. The molecular formula is C16H19NO4S. The predicted molar refractivity (Wildman–Crippen MR) is 85.0 cm³/mol. The van der Waals surface area contributed by atoms with Gasteiger partial charge in [0.05, 0.1) is 19.1 Å². The third-order valence-electron chi connectivity index (χ3n) is 3.44. The molecule has 0 saturated heterocycles. The van der Waals surface area contributed by atoms with Gasteiger partial charge in [0.25, 0.3) is 0 Å². The molecule has 0 aliphatic heterocycles. The van der Waals surface area contributed by atoms with Crippen LogP contribution in [-0.2, 0) is 9.84 Å². The van der Waals surface area contributed by atoms with Crippen LogP contribution in [0.3, 0.4) is 0 Å². The van der Waals surface area contributed by atoms with Gasteiger partial charge in [-0.15, -0.1) is 0 Å². The largest absolute Gasteiger partial charge is 0.497 e. The molecule has 5 nitrogen and oxygen atoms in total. The summed E-state index contributed by atoms with van der Waals surface area (Å²) in [6.45, 7) is -0.0548. The van der Waals surface area contributed by atoms with E-state index in [-0.39, 0.29) is 11.4 Å². The van der Waals surface area contributed by atoms with Gasteiger partial charge in [0.2, 0.25) is 0 Å². The van der Waals surface area contributed by atoms with Gasteiger partial charge in [0.15, 0.2) is 9.84 Å². The number of rotatable bonds is 6. The van der Waals surface area contributed by atoms with Crippen molar-refractivity contribution in [1.29, 1.82) is 0 Å². The highest BCUT2D eigenvalue weighted by Crippen LogP contribution is 2.36. The van der Waals surface area contributed by atoms with Crippen LogP contribution in [0.5, 0.6) is 11.5 Å². The lowest BCUT2D eigenvalue weighted by molar-refractivity contribution is 0.398. The average molecular weight is 321 g/mol. The van der Waals surface area contributed by atoms with E-state index in [1.165, 1.54) is 14.2 Å². The van der Waals surface area contributed by atoms with Crippen molar-refractivity contribution in [2.24, 2.45) is 5.73 Å². The second-order valence-corrected chi connectivity index (χ2v) is 6.82. The van der Waals surface area contributed by atoms with Crippen LogP contribution in [0, 0.1) is 0 Å². The lowest BCUT2D eigenvalue weighted by atomic mass is 10.1. The van der Waals surface area contributed by atoms with E-state index in [9.17, 15) is 8.42 Å². The minimum atomic E-state index is -3.62. The van der Waals surface area contributed by atoms with Crippen LogP contribution in [0.15, 0.2) is 53.4 Å². The molecule has 2 N–H and O–H groups in total. The standard InChI is InChI=1S/C16H19NO4S/c1-20-12-8-9-15(21-2)14(10-12)16(11-17)22(18,19)13-6-4-3-5-7-13/h3-10,16H,11,17H2,1-2H3. The Bertz CT molecular complexity index is 729. The van der Waals surface area contributed by atoms with E-state index in [4.69, 9.17) is 15.2 Å². The van der Waals surface area contributed by atoms with Gasteiger partial charge in [-0.1, -0.05) is 18.2 Å². The normalized spacial score (nSPS) is 12.7. The van der Waals surface area contributed by atoms with Crippen LogP contribution in [-0.4, -0.2) is 29.2 Å². The monoisotopic (exact) mass is 321 g/mol. The number of hydrogen-bond donors (Lipinski definition) is 1. The zero-order valence-corrected chi connectivity index (χ0v) is 13.3. The van der Waals surface area contributed by atoms with Gasteiger partial charge in [-0.2, -0.15) is 0 Å². The fraction of sp³-hybridized carbons (Fsp3) is 0.250. The molecule has 2 rings (SSSR count). The van der Waals surface area contributed by atoms with Crippen molar-refractivity contribution >= 4 is 9.84 Å². The Kier molecular flexibility index (Phi) is 5.05. The number of sulfone groups is 1. The van der Waals surface area contributed by atoms with Crippen molar-refractivity contribution in [3.63, 3.8) is 0 Å². The van der Waals surface area contributed by atoms with Crippen molar-refractivity contribution in [3.05, 3.63) is 54.1 Å². The highest BCUT2D eigenvalue weighted by Gasteiger charge is 2.30. The maximum absolute atomic E-state index is 12.9. The summed E-state index contributed by atoms with van der Waals surface area (Å²) in [5, 5.41) is -0.903. The first-order chi connectivity index (χ1) is 10.5. The molecule has 2 aromatic rings. The maximum Gasteiger partial charge on any atom is 0.186 e. The van der Waals surface area contributed by atoms with Crippen molar-refractivity contribution in [3.8, 4) is 11.5 Å². The Labute approximate surface area is 130 Å². The molecule has 1 atom stereocenters. The molecule has 0 amide bonds. The second-order valence-electron chi connectivity index (χ2n) is 4.69. The van der Waals surface area contributed by atoms with Gasteiger partial charge < -0.3 is 15.2 Å². The molecular weight excluding hydrogens is 302 g/mol. The van der Waals surface area contributed by atoms with Crippen LogP contribution in [0.4, 0.5) is 0 Å². The van der Waals surface area contributed by atoms with E-state index in [1.807, 2.05) is 0 Å². The summed E-state index contributed by atoms with van der Waals surface area (Å²) in [6.07, 6.45) is 0.